The normalized spacial score (nSPS) is 11.6. The van der Waals surface area contributed by atoms with Crippen LogP contribution in [-0.4, -0.2) is 25.2 Å². The lowest BCUT2D eigenvalue weighted by molar-refractivity contribution is 0.0447. The third kappa shape index (κ3) is 10.4. The van der Waals surface area contributed by atoms with Crippen molar-refractivity contribution >= 4 is 11.9 Å². The minimum Gasteiger partial charge on any atom is -0.494 e. The predicted molar refractivity (Wildman–Crippen MR) is 136 cm³/mol. The van der Waals surface area contributed by atoms with Gasteiger partial charge in [0.1, 0.15) is 11.5 Å². The first-order chi connectivity index (χ1) is 16.5. The fourth-order valence-electron chi connectivity index (χ4n) is 3.36. The molecule has 0 N–H and O–H groups in total. The fourth-order valence-corrected chi connectivity index (χ4v) is 3.36. The highest BCUT2D eigenvalue weighted by Crippen LogP contribution is 2.18. The molecule has 0 fully saturated rings. The largest absolute Gasteiger partial charge is 0.494 e. The van der Waals surface area contributed by atoms with Crippen molar-refractivity contribution in [2.45, 2.75) is 78.6 Å². The Bertz CT molecular complexity index is 842. The van der Waals surface area contributed by atoms with Gasteiger partial charge in [0.05, 0.1) is 24.3 Å². The molecule has 186 valence electrons. The van der Waals surface area contributed by atoms with Crippen molar-refractivity contribution in [2.24, 2.45) is 5.92 Å². The van der Waals surface area contributed by atoms with Crippen LogP contribution in [0.1, 0.15) is 99.3 Å². The van der Waals surface area contributed by atoms with Gasteiger partial charge in [0.25, 0.3) is 0 Å². The van der Waals surface area contributed by atoms with Crippen LogP contribution in [0.15, 0.2) is 48.5 Å². The average Bonchev–Trinajstić information content (AvgIpc) is 2.86. The summed E-state index contributed by atoms with van der Waals surface area (Å²) in [5, 5.41) is 0. The van der Waals surface area contributed by atoms with Crippen LogP contribution in [0.5, 0.6) is 11.5 Å². The molecule has 0 bridgehead atoms. The molecule has 0 saturated heterocycles. The molecular weight excluding hydrogens is 428 g/mol. The third-order valence-corrected chi connectivity index (χ3v) is 5.85. The van der Waals surface area contributed by atoms with E-state index in [1.165, 1.54) is 44.9 Å². The second-order valence-electron chi connectivity index (χ2n) is 8.87. The molecule has 34 heavy (non-hydrogen) atoms. The minimum absolute atomic E-state index is 0.325. The molecule has 0 unspecified atom stereocenters. The number of hydrogen-bond donors (Lipinski definition) is 0. The van der Waals surface area contributed by atoms with Gasteiger partial charge in [-0.1, -0.05) is 72.1 Å². The first-order valence-electron chi connectivity index (χ1n) is 12.8. The van der Waals surface area contributed by atoms with E-state index in [9.17, 15) is 9.59 Å². The molecule has 5 nitrogen and oxygen atoms in total. The number of carbonyl (C=O) groups is 2. The van der Waals surface area contributed by atoms with Crippen molar-refractivity contribution in [1.29, 1.82) is 0 Å². The van der Waals surface area contributed by atoms with E-state index in [4.69, 9.17) is 14.2 Å². The summed E-state index contributed by atoms with van der Waals surface area (Å²) in [7, 11) is 0. The van der Waals surface area contributed by atoms with E-state index >= 15 is 0 Å². The molecule has 0 amide bonds. The lowest BCUT2D eigenvalue weighted by Gasteiger charge is -2.10. The molecule has 2 rings (SSSR count). The number of unbranched alkanes of at least 4 members (excludes halogenated alkanes) is 7. The molecule has 2 aromatic rings. The Morgan fingerprint density at radius 3 is 1.82 bits per heavy atom. The molecule has 0 spiro atoms. The van der Waals surface area contributed by atoms with E-state index in [-0.39, 0.29) is 5.97 Å². The summed E-state index contributed by atoms with van der Waals surface area (Å²) in [6, 6.07) is 13.4. The van der Waals surface area contributed by atoms with E-state index in [2.05, 4.69) is 13.8 Å². The smallest absolute Gasteiger partial charge is 0.343 e. The van der Waals surface area contributed by atoms with Gasteiger partial charge in [0, 0.05) is 0 Å². The van der Waals surface area contributed by atoms with Gasteiger partial charge in [-0.3, -0.25) is 0 Å². The van der Waals surface area contributed by atoms with E-state index in [1.54, 1.807) is 48.5 Å². The summed E-state index contributed by atoms with van der Waals surface area (Å²) < 4.78 is 16.5. The maximum Gasteiger partial charge on any atom is 0.343 e. The lowest BCUT2D eigenvalue weighted by atomic mass is 10.1. The van der Waals surface area contributed by atoms with Crippen LogP contribution < -0.4 is 9.47 Å². The van der Waals surface area contributed by atoms with Gasteiger partial charge in [0.2, 0.25) is 0 Å². The summed E-state index contributed by atoms with van der Waals surface area (Å²) in [5.74, 6) is 0.617. The van der Waals surface area contributed by atoms with Crippen LogP contribution in [0.2, 0.25) is 0 Å². The highest BCUT2D eigenvalue weighted by Gasteiger charge is 2.12. The maximum atomic E-state index is 12.4. The molecular formula is C29H40O5. The van der Waals surface area contributed by atoms with Crippen molar-refractivity contribution in [2.75, 3.05) is 13.2 Å². The first kappa shape index (κ1) is 27.4. The zero-order valence-corrected chi connectivity index (χ0v) is 21.0. The molecule has 0 aromatic heterocycles. The Morgan fingerprint density at radius 1 is 0.706 bits per heavy atom. The molecule has 0 aliphatic rings. The van der Waals surface area contributed by atoms with Gasteiger partial charge in [-0.15, -0.1) is 0 Å². The number of carbonyl (C=O) groups excluding carboxylic acids is 2. The monoisotopic (exact) mass is 468 g/mol. The third-order valence-electron chi connectivity index (χ3n) is 5.85. The summed E-state index contributed by atoms with van der Waals surface area (Å²) >= 11 is 0. The Kier molecular flexibility index (Phi) is 12.8. The van der Waals surface area contributed by atoms with Crippen molar-refractivity contribution in [1.82, 2.24) is 0 Å². The van der Waals surface area contributed by atoms with Crippen LogP contribution in [-0.2, 0) is 4.74 Å². The first-order valence-corrected chi connectivity index (χ1v) is 12.8. The zero-order chi connectivity index (χ0) is 24.6. The SMILES string of the molecule is CCCCCCCCCCOc1ccc(C(=O)Oc2ccc(C(=O)OC[C@@H](C)CC)cc2)cc1. The van der Waals surface area contributed by atoms with Gasteiger partial charge in [-0.2, -0.15) is 0 Å². The Labute approximate surface area is 204 Å². The topological polar surface area (TPSA) is 61.8 Å². The van der Waals surface area contributed by atoms with E-state index in [1.807, 2.05) is 6.92 Å². The Balaban J connectivity index is 1.70. The summed E-state index contributed by atoms with van der Waals surface area (Å²) in [5.41, 5.74) is 0.873. The quantitative estimate of drug-likeness (QED) is 0.144. The van der Waals surface area contributed by atoms with Crippen molar-refractivity contribution in [3.8, 4) is 11.5 Å². The van der Waals surface area contributed by atoms with Gasteiger partial charge in [-0.25, -0.2) is 9.59 Å². The predicted octanol–water partition coefficient (Wildman–Crippen LogP) is 7.63. The van der Waals surface area contributed by atoms with Crippen LogP contribution in [0, 0.1) is 5.92 Å². The van der Waals surface area contributed by atoms with Crippen molar-refractivity contribution in [3.05, 3.63) is 59.7 Å². The van der Waals surface area contributed by atoms with Gasteiger partial charge in [-0.05, 0) is 60.9 Å². The molecule has 5 heteroatoms. The number of esters is 2. The standard InChI is InChI=1S/C29H40O5/c1-4-6-7-8-9-10-11-12-21-32-26-17-13-25(14-18-26)29(31)34-27-19-15-24(16-20-27)28(30)33-22-23(3)5-2/h13-20,23H,4-12,21-22H2,1-3H3/t23-/m0/s1. The van der Waals surface area contributed by atoms with Crippen LogP contribution in [0.4, 0.5) is 0 Å². The molecule has 0 saturated carbocycles. The number of hydrogen-bond acceptors (Lipinski definition) is 5. The summed E-state index contributed by atoms with van der Waals surface area (Å²) in [6.07, 6.45) is 11.1. The lowest BCUT2D eigenvalue weighted by Crippen LogP contribution is -2.12. The van der Waals surface area contributed by atoms with Gasteiger partial charge in [0.15, 0.2) is 0 Å². The number of ether oxygens (including phenoxy) is 3. The second kappa shape index (κ2) is 15.9. The summed E-state index contributed by atoms with van der Waals surface area (Å²) in [4.78, 5) is 24.5. The molecule has 0 heterocycles. The molecule has 0 radical (unpaired) electrons. The highest BCUT2D eigenvalue weighted by atomic mass is 16.5. The van der Waals surface area contributed by atoms with Gasteiger partial charge >= 0.3 is 11.9 Å². The average molecular weight is 469 g/mol. The van der Waals surface area contributed by atoms with Crippen LogP contribution >= 0.6 is 0 Å². The van der Waals surface area contributed by atoms with Crippen LogP contribution in [0.25, 0.3) is 0 Å². The highest BCUT2D eigenvalue weighted by molar-refractivity contribution is 5.92. The van der Waals surface area contributed by atoms with E-state index in [0.717, 1.165) is 18.6 Å². The Hall–Kier alpha value is -2.82. The molecule has 0 aliphatic carbocycles. The Morgan fingerprint density at radius 2 is 1.24 bits per heavy atom. The second-order valence-corrected chi connectivity index (χ2v) is 8.87. The van der Waals surface area contributed by atoms with Crippen molar-refractivity contribution < 1.29 is 23.8 Å². The maximum absolute atomic E-state index is 12.4. The fraction of sp³-hybridized carbons (Fsp3) is 0.517. The van der Waals surface area contributed by atoms with Crippen LogP contribution in [0.3, 0.4) is 0 Å². The summed E-state index contributed by atoms with van der Waals surface area (Å²) in [6.45, 7) is 7.41. The van der Waals surface area contributed by atoms with Gasteiger partial charge < -0.3 is 14.2 Å². The number of benzene rings is 2. The van der Waals surface area contributed by atoms with E-state index in [0.29, 0.717) is 36.0 Å². The zero-order valence-electron chi connectivity index (χ0n) is 21.0. The minimum atomic E-state index is -0.457. The van der Waals surface area contributed by atoms with E-state index < -0.39 is 5.97 Å². The van der Waals surface area contributed by atoms with Crippen molar-refractivity contribution in [3.63, 3.8) is 0 Å². The molecule has 1 atom stereocenters. The number of rotatable bonds is 16. The molecule has 2 aromatic carbocycles. The molecule has 0 aliphatic heterocycles.